The SMILES string of the molecule is COc1cccc(N2CCN(Cc3nc(-c4ccc(C(F)(F)F)cc4)sc3CSc3ccc(OC(C)C(=O)O)c(C(C)C)c3)CC2)c1. The van der Waals surface area contributed by atoms with Gasteiger partial charge in [0.1, 0.15) is 16.5 Å². The molecule has 1 aliphatic heterocycles. The first-order valence-corrected chi connectivity index (χ1v) is 17.1. The molecule has 2 heterocycles. The number of ether oxygens (including phenoxy) is 2. The lowest BCUT2D eigenvalue weighted by Gasteiger charge is -2.36. The molecule has 4 aromatic rings. The Labute approximate surface area is 281 Å². The van der Waals surface area contributed by atoms with E-state index in [9.17, 15) is 23.1 Å². The van der Waals surface area contributed by atoms with Gasteiger partial charge in [-0.05, 0) is 60.9 Å². The molecule has 5 rings (SSSR count). The molecule has 0 saturated carbocycles. The van der Waals surface area contributed by atoms with Gasteiger partial charge in [0.25, 0.3) is 0 Å². The Kier molecular flexibility index (Phi) is 11.0. The molecule has 47 heavy (non-hydrogen) atoms. The molecule has 1 aliphatic rings. The van der Waals surface area contributed by atoms with Crippen LogP contribution in [0.15, 0.2) is 71.6 Å². The molecule has 7 nitrogen and oxygen atoms in total. The molecule has 1 N–H and O–H groups in total. The van der Waals surface area contributed by atoms with Crippen LogP contribution in [0.3, 0.4) is 0 Å². The van der Waals surface area contributed by atoms with E-state index in [-0.39, 0.29) is 5.92 Å². The maximum absolute atomic E-state index is 13.2. The molecular formula is C35H38F3N3O4S2. The number of methoxy groups -OCH3 is 1. The summed E-state index contributed by atoms with van der Waals surface area (Å²) in [7, 11) is 1.66. The topological polar surface area (TPSA) is 75.1 Å². The molecule has 1 unspecified atom stereocenters. The van der Waals surface area contributed by atoms with Crippen LogP contribution in [-0.4, -0.2) is 60.4 Å². The molecule has 1 fully saturated rings. The molecule has 0 spiro atoms. The monoisotopic (exact) mass is 685 g/mol. The molecule has 0 amide bonds. The zero-order valence-electron chi connectivity index (χ0n) is 26.7. The third kappa shape index (κ3) is 8.79. The number of carboxylic acids is 1. The minimum atomic E-state index is -4.40. The predicted molar refractivity (Wildman–Crippen MR) is 181 cm³/mol. The van der Waals surface area contributed by atoms with Gasteiger partial charge in [0, 0.05) is 65.6 Å². The lowest BCUT2D eigenvalue weighted by atomic mass is 10.0. The number of thioether (sulfide) groups is 1. The number of hydrogen-bond acceptors (Lipinski definition) is 8. The van der Waals surface area contributed by atoms with Gasteiger partial charge in [-0.2, -0.15) is 13.2 Å². The van der Waals surface area contributed by atoms with Crippen LogP contribution in [0.5, 0.6) is 11.5 Å². The molecule has 1 aromatic heterocycles. The Morgan fingerprint density at radius 2 is 1.74 bits per heavy atom. The van der Waals surface area contributed by atoms with Crippen LogP contribution in [0.4, 0.5) is 18.9 Å². The summed E-state index contributed by atoms with van der Waals surface area (Å²) in [6.45, 7) is 9.58. The second-order valence-electron chi connectivity index (χ2n) is 11.7. The minimum Gasteiger partial charge on any atom is -0.497 e. The maximum atomic E-state index is 13.2. The molecule has 3 aromatic carbocycles. The zero-order chi connectivity index (χ0) is 33.7. The van der Waals surface area contributed by atoms with Crippen LogP contribution in [0, 0.1) is 0 Å². The fourth-order valence-electron chi connectivity index (χ4n) is 5.29. The number of rotatable bonds is 12. The van der Waals surface area contributed by atoms with Crippen molar-refractivity contribution in [2.24, 2.45) is 0 Å². The second-order valence-corrected chi connectivity index (χ2v) is 13.8. The quantitative estimate of drug-likeness (QED) is 0.149. The summed E-state index contributed by atoms with van der Waals surface area (Å²) in [4.78, 5) is 23.1. The number of alkyl halides is 3. The van der Waals surface area contributed by atoms with Crippen LogP contribution in [0.2, 0.25) is 0 Å². The minimum absolute atomic E-state index is 0.118. The summed E-state index contributed by atoms with van der Waals surface area (Å²) >= 11 is 3.15. The van der Waals surface area contributed by atoms with Crippen molar-refractivity contribution in [2.75, 3.05) is 38.2 Å². The molecular weight excluding hydrogens is 648 g/mol. The molecule has 1 saturated heterocycles. The normalized spacial score (nSPS) is 14.8. The Morgan fingerprint density at radius 3 is 2.38 bits per heavy atom. The van der Waals surface area contributed by atoms with E-state index in [1.807, 2.05) is 50.2 Å². The Hall–Kier alpha value is -3.74. The number of piperazine rings is 1. The maximum Gasteiger partial charge on any atom is 0.416 e. The highest BCUT2D eigenvalue weighted by molar-refractivity contribution is 7.98. The van der Waals surface area contributed by atoms with Gasteiger partial charge < -0.3 is 19.5 Å². The molecule has 0 bridgehead atoms. The summed E-state index contributed by atoms with van der Waals surface area (Å²) in [5.41, 5.74) is 2.93. The van der Waals surface area contributed by atoms with Crippen molar-refractivity contribution in [1.82, 2.24) is 9.88 Å². The van der Waals surface area contributed by atoms with Crippen molar-refractivity contribution >= 4 is 34.8 Å². The molecule has 0 aliphatic carbocycles. The fourth-order valence-corrected chi connectivity index (χ4v) is 7.42. The highest BCUT2D eigenvalue weighted by Gasteiger charge is 2.30. The highest BCUT2D eigenvalue weighted by atomic mass is 32.2. The van der Waals surface area contributed by atoms with Crippen molar-refractivity contribution in [3.05, 3.63) is 88.4 Å². The number of anilines is 1. The van der Waals surface area contributed by atoms with Gasteiger partial charge in [-0.25, -0.2) is 9.78 Å². The van der Waals surface area contributed by atoms with Crippen LogP contribution in [0.1, 0.15) is 48.4 Å². The van der Waals surface area contributed by atoms with Gasteiger partial charge in [0.05, 0.1) is 18.4 Å². The van der Waals surface area contributed by atoms with E-state index < -0.39 is 23.8 Å². The average molecular weight is 686 g/mol. The van der Waals surface area contributed by atoms with E-state index >= 15 is 0 Å². The zero-order valence-corrected chi connectivity index (χ0v) is 28.3. The van der Waals surface area contributed by atoms with Gasteiger partial charge in [-0.3, -0.25) is 4.90 Å². The summed E-state index contributed by atoms with van der Waals surface area (Å²) in [5.74, 6) is 1.09. The summed E-state index contributed by atoms with van der Waals surface area (Å²) in [6.07, 6.45) is -5.37. The van der Waals surface area contributed by atoms with E-state index in [1.165, 1.54) is 30.4 Å². The number of halogens is 3. The van der Waals surface area contributed by atoms with Crippen LogP contribution >= 0.6 is 23.1 Å². The first kappa shape index (κ1) is 34.6. The highest BCUT2D eigenvalue weighted by Crippen LogP contribution is 2.38. The number of benzene rings is 3. The van der Waals surface area contributed by atoms with Gasteiger partial charge >= 0.3 is 12.1 Å². The summed E-state index contributed by atoms with van der Waals surface area (Å²) < 4.78 is 50.8. The number of carbonyl (C=O) groups is 1. The number of hydrogen-bond donors (Lipinski definition) is 1. The first-order valence-electron chi connectivity index (χ1n) is 15.3. The standard InChI is InChI=1S/C35H38F3N3O4S2/c1-22(2)29-19-28(12-13-31(29)45-23(3)34(42)43)46-21-32-30(39-33(47-32)24-8-10-25(11-9-24)35(36,37)38)20-40-14-16-41(17-15-40)26-6-5-7-27(18-26)44-4/h5-13,18-19,22-23H,14-17,20-21H2,1-4H3,(H,42,43). The third-order valence-electron chi connectivity index (χ3n) is 8.03. The predicted octanol–water partition coefficient (Wildman–Crippen LogP) is 8.43. The number of thiazole rings is 1. The number of aromatic nitrogens is 1. The second kappa shape index (κ2) is 15.0. The summed E-state index contributed by atoms with van der Waals surface area (Å²) in [5, 5.41) is 9.99. The molecule has 0 radical (unpaired) electrons. The van der Waals surface area contributed by atoms with Gasteiger partial charge in [-0.15, -0.1) is 23.1 Å². The van der Waals surface area contributed by atoms with Crippen molar-refractivity contribution in [2.45, 2.75) is 56.2 Å². The third-order valence-corrected chi connectivity index (χ3v) is 10.4. The van der Waals surface area contributed by atoms with Crippen LogP contribution in [0.25, 0.3) is 10.6 Å². The molecule has 1 atom stereocenters. The molecule has 250 valence electrons. The number of carboxylic acid groups (broad SMARTS) is 1. The number of aliphatic carboxylic acids is 1. The Balaban J connectivity index is 1.35. The van der Waals surface area contributed by atoms with E-state index in [0.29, 0.717) is 28.6 Å². The van der Waals surface area contributed by atoms with E-state index in [2.05, 4.69) is 15.9 Å². The van der Waals surface area contributed by atoms with Gasteiger partial charge in [0.2, 0.25) is 0 Å². The van der Waals surface area contributed by atoms with Crippen molar-refractivity contribution < 1.29 is 32.5 Å². The van der Waals surface area contributed by atoms with E-state index in [4.69, 9.17) is 14.5 Å². The summed E-state index contributed by atoms with van der Waals surface area (Å²) in [6, 6.07) is 19.0. The Morgan fingerprint density at radius 1 is 1.02 bits per heavy atom. The lowest BCUT2D eigenvalue weighted by Crippen LogP contribution is -2.46. The van der Waals surface area contributed by atoms with Crippen molar-refractivity contribution in [3.63, 3.8) is 0 Å². The molecule has 12 heteroatoms. The van der Waals surface area contributed by atoms with E-state index in [1.54, 1.807) is 18.9 Å². The largest absolute Gasteiger partial charge is 0.497 e. The van der Waals surface area contributed by atoms with Crippen LogP contribution < -0.4 is 14.4 Å². The van der Waals surface area contributed by atoms with Gasteiger partial charge in [-0.1, -0.05) is 32.0 Å². The Bertz CT molecular complexity index is 1670. The van der Waals surface area contributed by atoms with Crippen molar-refractivity contribution in [1.29, 1.82) is 0 Å². The van der Waals surface area contributed by atoms with Crippen LogP contribution in [-0.2, 0) is 23.3 Å². The lowest BCUT2D eigenvalue weighted by molar-refractivity contribution is -0.144. The fraction of sp³-hybridized carbons (Fsp3) is 0.371. The van der Waals surface area contributed by atoms with Crippen molar-refractivity contribution in [3.8, 4) is 22.1 Å². The smallest absolute Gasteiger partial charge is 0.416 e. The number of nitrogens with zero attached hydrogens (tertiary/aromatic N) is 3. The van der Waals surface area contributed by atoms with Gasteiger partial charge in [0.15, 0.2) is 6.10 Å². The average Bonchev–Trinajstić information content (AvgIpc) is 3.46. The van der Waals surface area contributed by atoms with E-state index in [0.717, 1.165) is 70.8 Å². The first-order chi connectivity index (χ1) is 22.4.